The Bertz CT molecular complexity index is 1290. The first-order chi connectivity index (χ1) is 13.5. The fourth-order valence-electron chi connectivity index (χ4n) is 3.38. The second-order valence-corrected chi connectivity index (χ2v) is 8.71. The van der Waals surface area contributed by atoms with Gasteiger partial charge in [0.25, 0.3) is 5.56 Å². The van der Waals surface area contributed by atoms with Crippen molar-refractivity contribution in [3.05, 3.63) is 28.8 Å². The molecular formula is C18H24N10O. The summed E-state index contributed by atoms with van der Waals surface area (Å²) >= 11 is 0. The smallest absolute Gasteiger partial charge is 0.280 e. The molecule has 4 rings (SSSR count). The van der Waals surface area contributed by atoms with E-state index in [-0.39, 0.29) is 22.6 Å². The second-order valence-electron chi connectivity index (χ2n) is 8.71. The Morgan fingerprint density at radius 3 is 2.24 bits per heavy atom. The molecule has 4 heterocycles. The summed E-state index contributed by atoms with van der Waals surface area (Å²) < 4.78 is 3.78. The normalized spacial score (nSPS) is 12.9. The summed E-state index contributed by atoms with van der Waals surface area (Å²) in [5, 5.41) is 0. The first-order valence-electron chi connectivity index (χ1n) is 9.20. The standard InChI is InChI=1S/C18H24N10O/c1-17(2,3)27-7-21-10-12(19)23-9(24-13(10)27)6-18(4,5)28-8-22-11-14(28)25-16(20)26-15(11)29/h7-8H,6H2,1-5H3,(H2,19,23,24)(H3,20,25,26,29). The molecule has 0 aromatic carbocycles. The Morgan fingerprint density at radius 1 is 0.931 bits per heavy atom. The summed E-state index contributed by atoms with van der Waals surface area (Å²) in [5.41, 5.74) is 12.7. The first kappa shape index (κ1) is 18.8. The van der Waals surface area contributed by atoms with Crippen LogP contribution in [0.4, 0.5) is 11.8 Å². The number of aromatic nitrogens is 8. The third-order valence-corrected chi connectivity index (χ3v) is 4.86. The van der Waals surface area contributed by atoms with E-state index in [0.29, 0.717) is 34.9 Å². The monoisotopic (exact) mass is 396 g/mol. The van der Waals surface area contributed by atoms with Crippen LogP contribution in [0.25, 0.3) is 22.3 Å². The highest BCUT2D eigenvalue weighted by Crippen LogP contribution is 2.27. The molecule has 5 N–H and O–H groups in total. The summed E-state index contributed by atoms with van der Waals surface area (Å²) in [6.07, 6.45) is 3.74. The van der Waals surface area contributed by atoms with Gasteiger partial charge in [-0.15, -0.1) is 0 Å². The van der Waals surface area contributed by atoms with Gasteiger partial charge in [0.05, 0.1) is 12.7 Å². The zero-order valence-electron chi connectivity index (χ0n) is 17.1. The van der Waals surface area contributed by atoms with Gasteiger partial charge in [-0.05, 0) is 34.6 Å². The Labute approximate surface area is 166 Å². The van der Waals surface area contributed by atoms with Crippen LogP contribution in [-0.2, 0) is 17.5 Å². The summed E-state index contributed by atoms with van der Waals surface area (Å²) in [7, 11) is 0. The van der Waals surface area contributed by atoms with Crippen molar-refractivity contribution in [3.8, 4) is 0 Å². The van der Waals surface area contributed by atoms with Crippen LogP contribution in [0.15, 0.2) is 17.4 Å². The molecule has 0 fully saturated rings. The van der Waals surface area contributed by atoms with Gasteiger partial charge < -0.3 is 20.6 Å². The minimum Gasteiger partial charge on any atom is -0.382 e. The molecule has 0 aliphatic carbocycles. The van der Waals surface area contributed by atoms with Gasteiger partial charge in [0, 0.05) is 17.5 Å². The van der Waals surface area contributed by atoms with Crippen molar-refractivity contribution in [3.63, 3.8) is 0 Å². The molecule has 0 unspecified atom stereocenters. The molecule has 11 nitrogen and oxygen atoms in total. The average Bonchev–Trinajstić information content (AvgIpc) is 3.18. The quantitative estimate of drug-likeness (QED) is 0.465. The molecule has 0 atom stereocenters. The SMILES string of the molecule is CC(C)(C)n1cnc2c(N)nc(CC(C)(C)n3cnc4c(=O)[nH]c(N)nc43)nc21. The number of nitrogens with zero attached hydrogens (tertiary/aromatic N) is 7. The number of anilines is 2. The van der Waals surface area contributed by atoms with Crippen LogP contribution in [-0.4, -0.2) is 39.0 Å². The van der Waals surface area contributed by atoms with Gasteiger partial charge in [-0.2, -0.15) is 4.98 Å². The van der Waals surface area contributed by atoms with Crippen LogP contribution in [0.5, 0.6) is 0 Å². The van der Waals surface area contributed by atoms with Crippen molar-refractivity contribution in [2.75, 3.05) is 11.5 Å². The lowest BCUT2D eigenvalue weighted by molar-refractivity contribution is 0.353. The van der Waals surface area contributed by atoms with Crippen LogP contribution < -0.4 is 17.0 Å². The van der Waals surface area contributed by atoms with Crippen LogP contribution in [0.1, 0.15) is 40.4 Å². The molecule has 0 bridgehead atoms. The van der Waals surface area contributed by atoms with E-state index < -0.39 is 5.54 Å². The van der Waals surface area contributed by atoms with E-state index in [1.807, 2.05) is 18.4 Å². The van der Waals surface area contributed by atoms with Gasteiger partial charge >= 0.3 is 0 Å². The third-order valence-electron chi connectivity index (χ3n) is 4.86. The maximum Gasteiger partial charge on any atom is 0.280 e. The van der Waals surface area contributed by atoms with Gasteiger partial charge in [-0.3, -0.25) is 9.78 Å². The van der Waals surface area contributed by atoms with E-state index in [9.17, 15) is 4.79 Å². The maximum atomic E-state index is 12.1. The Kier molecular flexibility index (Phi) is 3.90. The number of nitrogen functional groups attached to an aromatic ring is 2. The molecule has 4 aromatic rings. The highest BCUT2D eigenvalue weighted by molar-refractivity contribution is 5.81. The van der Waals surface area contributed by atoms with Crippen molar-refractivity contribution >= 4 is 34.1 Å². The maximum absolute atomic E-state index is 12.1. The molecular weight excluding hydrogens is 372 g/mol. The highest BCUT2D eigenvalue weighted by Gasteiger charge is 2.27. The molecule has 4 aromatic heterocycles. The minimum absolute atomic E-state index is 0.0380. The van der Waals surface area contributed by atoms with Crippen molar-refractivity contribution < 1.29 is 0 Å². The van der Waals surface area contributed by atoms with Gasteiger partial charge in [-0.1, -0.05) is 0 Å². The molecule has 0 saturated heterocycles. The Hall–Kier alpha value is -3.50. The van der Waals surface area contributed by atoms with Crippen LogP contribution in [0, 0.1) is 0 Å². The number of nitrogens with two attached hydrogens (primary N) is 2. The molecule has 0 aliphatic heterocycles. The fourth-order valence-corrected chi connectivity index (χ4v) is 3.38. The molecule has 0 aliphatic rings. The molecule has 152 valence electrons. The Balaban J connectivity index is 1.81. The van der Waals surface area contributed by atoms with Gasteiger partial charge in [-0.25, -0.2) is 19.9 Å². The predicted octanol–water partition coefficient (Wildman–Crippen LogP) is 1.16. The lowest BCUT2D eigenvalue weighted by Crippen LogP contribution is -2.30. The number of hydrogen-bond donors (Lipinski definition) is 3. The predicted molar refractivity (Wildman–Crippen MR) is 110 cm³/mol. The van der Waals surface area contributed by atoms with E-state index in [1.165, 1.54) is 0 Å². The largest absolute Gasteiger partial charge is 0.382 e. The van der Waals surface area contributed by atoms with Crippen LogP contribution in [0.2, 0.25) is 0 Å². The van der Waals surface area contributed by atoms with Crippen LogP contribution >= 0.6 is 0 Å². The number of imidazole rings is 2. The third kappa shape index (κ3) is 3.08. The summed E-state index contributed by atoms with van der Waals surface area (Å²) in [4.78, 5) is 36.5. The second kappa shape index (κ2) is 6.00. The molecule has 0 spiro atoms. The van der Waals surface area contributed by atoms with E-state index in [1.54, 1.807) is 17.2 Å². The number of rotatable bonds is 3. The van der Waals surface area contributed by atoms with Crippen molar-refractivity contribution in [2.45, 2.75) is 52.1 Å². The summed E-state index contributed by atoms with van der Waals surface area (Å²) in [5.74, 6) is 0.930. The number of aromatic amines is 1. The molecule has 11 heteroatoms. The van der Waals surface area contributed by atoms with Crippen molar-refractivity contribution in [1.29, 1.82) is 0 Å². The lowest BCUT2D eigenvalue weighted by Gasteiger charge is -2.26. The van der Waals surface area contributed by atoms with Gasteiger partial charge in [0.1, 0.15) is 11.3 Å². The number of hydrogen-bond acceptors (Lipinski definition) is 8. The van der Waals surface area contributed by atoms with Crippen LogP contribution in [0.3, 0.4) is 0 Å². The molecule has 0 amide bonds. The molecule has 0 radical (unpaired) electrons. The van der Waals surface area contributed by atoms with Gasteiger partial charge in [0.15, 0.2) is 22.6 Å². The number of H-pyrrole nitrogens is 1. The summed E-state index contributed by atoms with van der Waals surface area (Å²) in [6, 6.07) is 0. The molecule has 0 saturated carbocycles. The Morgan fingerprint density at radius 2 is 1.55 bits per heavy atom. The fraction of sp³-hybridized carbons (Fsp3) is 0.444. The van der Waals surface area contributed by atoms with Crippen molar-refractivity contribution in [2.24, 2.45) is 0 Å². The zero-order chi connectivity index (χ0) is 21.1. The topological polar surface area (TPSA) is 159 Å². The zero-order valence-corrected chi connectivity index (χ0v) is 17.1. The highest BCUT2D eigenvalue weighted by atomic mass is 16.1. The lowest BCUT2D eigenvalue weighted by atomic mass is 9.99. The minimum atomic E-state index is -0.547. The van der Waals surface area contributed by atoms with E-state index in [2.05, 4.69) is 45.7 Å². The number of fused-ring (bicyclic) bond motifs is 2. The molecule has 29 heavy (non-hydrogen) atoms. The van der Waals surface area contributed by atoms with E-state index in [0.717, 1.165) is 0 Å². The summed E-state index contributed by atoms with van der Waals surface area (Å²) in [6.45, 7) is 10.2. The average molecular weight is 396 g/mol. The van der Waals surface area contributed by atoms with E-state index >= 15 is 0 Å². The van der Waals surface area contributed by atoms with Gasteiger partial charge in [0.2, 0.25) is 5.95 Å². The van der Waals surface area contributed by atoms with E-state index in [4.69, 9.17) is 16.5 Å². The van der Waals surface area contributed by atoms with Crippen molar-refractivity contribution in [1.82, 2.24) is 39.0 Å². The number of nitrogens with one attached hydrogen (secondary N) is 1. The first-order valence-corrected chi connectivity index (χ1v) is 9.20.